The van der Waals surface area contributed by atoms with E-state index in [9.17, 15) is 18.4 Å². The van der Waals surface area contributed by atoms with Crippen LogP contribution in [-0.4, -0.2) is 49.2 Å². The highest BCUT2D eigenvalue weighted by Gasteiger charge is 2.20. The standard InChI is InChI=1S/C21H17F2N5O5/c1-3-32-14-7-10(11-6-13(22)16(23)15(8-11)33-9(2)21(30)31)4-5-12(14)18-24-19-17(20(29)25-18)26-28-27-19/h4-9H,3H2,1-2H3,(H,30,31)(H2,24,25,26,27,28,29)/t9-/m1/s1. The lowest BCUT2D eigenvalue weighted by Crippen LogP contribution is -2.23. The summed E-state index contributed by atoms with van der Waals surface area (Å²) in [5, 5.41) is 18.8. The van der Waals surface area contributed by atoms with Gasteiger partial charge in [-0.15, -0.1) is 5.10 Å². The van der Waals surface area contributed by atoms with Crippen LogP contribution in [0.1, 0.15) is 13.8 Å². The van der Waals surface area contributed by atoms with Crippen LogP contribution in [0.2, 0.25) is 0 Å². The van der Waals surface area contributed by atoms with Crippen LogP contribution in [0.15, 0.2) is 35.1 Å². The van der Waals surface area contributed by atoms with Gasteiger partial charge in [0.1, 0.15) is 11.6 Å². The van der Waals surface area contributed by atoms with Gasteiger partial charge in [-0.05, 0) is 49.2 Å². The Morgan fingerprint density at radius 3 is 2.67 bits per heavy atom. The molecule has 1 atom stereocenters. The average molecular weight is 457 g/mol. The summed E-state index contributed by atoms with van der Waals surface area (Å²) in [7, 11) is 0. The normalized spacial score (nSPS) is 12.0. The minimum absolute atomic E-state index is 0.0539. The van der Waals surface area contributed by atoms with Crippen molar-refractivity contribution in [2.24, 2.45) is 0 Å². The fourth-order valence-corrected chi connectivity index (χ4v) is 3.12. The van der Waals surface area contributed by atoms with Crippen molar-refractivity contribution in [2.45, 2.75) is 20.0 Å². The number of carboxylic acid groups (broad SMARTS) is 1. The lowest BCUT2D eigenvalue weighted by atomic mass is 10.0. The molecule has 170 valence electrons. The number of fused-ring (bicyclic) bond motifs is 1. The van der Waals surface area contributed by atoms with Crippen molar-refractivity contribution < 1.29 is 28.2 Å². The number of halogens is 2. The highest BCUT2D eigenvalue weighted by molar-refractivity contribution is 5.77. The van der Waals surface area contributed by atoms with Crippen molar-refractivity contribution in [1.82, 2.24) is 25.4 Å². The van der Waals surface area contributed by atoms with E-state index in [0.717, 1.165) is 6.07 Å². The number of benzene rings is 2. The predicted molar refractivity (Wildman–Crippen MR) is 112 cm³/mol. The van der Waals surface area contributed by atoms with E-state index < -0.39 is 35.0 Å². The molecule has 3 N–H and O–H groups in total. The highest BCUT2D eigenvalue weighted by Crippen LogP contribution is 2.35. The van der Waals surface area contributed by atoms with Gasteiger partial charge < -0.3 is 19.6 Å². The first-order chi connectivity index (χ1) is 15.8. The molecule has 0 amide bonds. The molecule has 33 heavy (non-hydrogen) atoms. The second-order valence-electron chi connectivity index (χ2n) is 6.94. The van der Waals surface area contributed by atoms with Gasteiger partial charge >= 0.3 is 5.97 Å². The van der Waals surface area contributed by atoms with Crippen LogP contribution >= 0.6 is 0 Å². The third-order valence-corrected chi connectivity index (χ3v) is 4.72. The molecule has 0 aliphatic rings. The van der Waals surface area contributed by atoms with E-state index in [1.165, 1.54) is 13.0 Å². The molecule has 2 aromatic carbocycles. The Kier molecular flexibility index (Phi) is 5.73. The second kappa shape index (κ2) is 8.65. The maximum Gasteiger partial charge on any atom is 0.344 e. The number of hydrogen-bond acceptors (Lipinski definition) is 7. The SMILES string of the molecule is CCOc1cc(-c2cc(F)c(F)c(O[C@H](C)C(=O)O)c2)ccc1-c1nc2[nH]nnc2c(=O)[nH]1. The van der Waals surface area contributed by atoms with E-state index in [1.54, 1.807) is 25.1 Å². The number of aliphatic carboxylic acids is 1. The minimum Gasteiger partial charge on any atom is -0.493 e. The fraction of sp³-hybridized carbons (Fsp3) is 0.190. The fourth-order valence-electron chi connectivity index (χ4n) is 3.12. The van der Waals surface area contributed by atoms with Crippen LogP contribution in [0, 0.1) is 11.6 Å². The number of hydrogen-bond donors (Lipinski definition) is 3. The Morgan fingerprint density at radius 2 is 1.94 bits per heavy atom. The van der Waals surface area contributed by atoms with Gasteiger partial charge in [0.15, 0.2) is 28.8 Å². The van der Waals surface area contributed by atoms with Crippen molar-refractivity contribution in [2.75, 3.05) is 6.61 Å². The number of aromatic nitrogens is 5. The summed E-state index contributed by atoms with van der Waals surface area (Å²) >= 11 is 0. The molecule has 2 aromatic heterocycles. The van der Waals surface area contributed by atoms with E-state index >= 15 is 0 Å². The molecule has 2 heterocycles. The molecule has 0 unspecified atom stereocenters. The molecular weight excluding hydrogens is 440 g/mol. The molecule has 0 bridgehead atoms. The highest BCUT2D eigenvalue weighted by atomic mass is 19.2. The average Bonchev–Trinajstić information content (AvgIpc) is 3.26. The molecule has 12 heteroatoms. The zero-order valence-electron chi connectivity index (χ0n) is 17.3. The van der Waals surface area contributed by atoms with Crippen molar-refractivity contribution >= 4 is 17.1 Å². The number of nitrogens with one attached hydrogen (secondary N) is 2. The predicted octanol–water partition coefficient (Wildman–Crippen LogP) is 2.90. The van der Waals surface area contributed by atoms with E-state index in [0.29, 0.717) is 16.9 Å². The first-order valence-corrected chi connectivity index (χ1v) is 9.75. The Balaban J connectivity index is 1.80. The molecule has 0 saturated heterocycles. The molecule has 0 aliphatic carbocycles. The number of aromatic amines is 2. The van der Waals surface area contributed by atoms with Gasteiger partial charge in [-0.3, -0.25) is 4.79 Å². The van der Waals surface area contributed by atoms with Gasteiger partial charge in [0, 0.05) is 0 Å². The zero-order valence-corrected chi connectivity index (χ0v) is 17.3. The van der Waals surface area contributed by atoms with Gasteiger partial charge in [0.25, 0.3) is 5.56 Å². The van der Waals surface area contributed by atoms with Crippen LogP contribution in [0.4, 0.5) is 8.78 Å². The zero-order chi connectivity index (χ0) is 23.7. The van der Waals surface area contributed by atoms with Crippen LogP contribution in [0.5, 0.6) is 11.5 Å². The summed E-state index contributed by atoms with van der Waals surface area (Å²) in [6.45, 7) is 3.23. The maximum atomic E-state index is 14.2. The molecule has 10 nitrogen and oxygen atoms in total. The Morgan fingerprint density at radius 1 is 1.18 bits per heavy atom. The number of ether oxygens (including phenoxy) is 2. The maximum absolute atomic E-state index is 14.2. The molecule has 0 radical (unpaired) electrons. The first kappa shape index (κ1) is 21.9. The first-order valence-electron chi connectivity index (χ1n) is 9.75. The van der Waals surface area contributed by atoms with Crippen molar-refractivity contribution in [1.29, 1.82) is 0 Å². The molecule has 4 rings (SSSR count). The summed E-state index contributed by atoms with van der Waals surface area (Å²) in [5.41, 5.74) is 0.843. The number of carbonyl (C=O) groups is 1. The number of rotatable bonds is 7. The molecule has 0 aliphatic heterocycles. The molecule has 0 saturated carbocycles. The topological polar surface area (TPSA) is 143 Å². The van der Waals surface area contributed by atoms with E-state index in [-0.39, 0.29) is 29.2 Å². The largest absolute Gasteiger partial charge is 0.493 e. The summed E-state index contributed by atoms with van der Waals surface area (Å²) in [6, 6.07) is 6.90. The lowest BCUT2D eigenvalue weighted by Gasteiger charge is -2.15. The quantitative estimate of drug-likeness (QED) is 0.384. The smallest absolute Gasteiger partial charge is 0.344 e. The minimum atomic E-state index is -1.38. The van der Waals surface area contributed by atoms with Gasteiger partial charge in [-0.1, -0.05) is 11.3 Å². The lowest BCUT2D eigenvalue weighted by molar-refractivity contribution is -0.144. The van der Waals surface area contributed by atoms with E-state index in [1.807, 2.05) is 0 Å². The number of nitrogens with zero attached hydrogens (tertiary/aromatic N) is 3. The third-order valence-electron chi connectivity index (χ3n) is 4.72. The number of carboxylic acids is 1. The Bertz CT molecular complexity index is 1420. The monoisotopic (exact) mass is 457 g/mol. The van der Waals surface area contributed by atoms with E-state index in [4.69, 9.17) is 14.6 Å². The summed E-state index contributed by atoms with van der Waals surface area (Å²) in [4.78, 5) is 30.2. The van der Waals surface area contributed by atoms with Gasteiger partial charge in [0.2, 0.25) is 5.82 Å². The third kappa shape index (κ3) is 4.22. The van der Waals surface area contributed by atoms with Crippen LogP contribution < -0.4 is 15.0 Å². The van der Waals surface area contributed by atoms with Crippen molar-refractivity contribution in [3.05, 3.63) is 52.3 Å². The van der Waals surface area contributed by atoms with Crippen molar-refractivity contribution in [3.63, 3.8) is 0 Å². The van der Waals surface area contributed by atoms with E-state index in [2.05, 4.69) is 25.4 Å². The van der Waals surface area contributed by atoms with Crippen LogP contribution in [0.25, 0.3) is 33.7 Å². The van der Waals surface area contributed by atoms with Crippen molar-refractivity contribution in [3.8, 4) is 34.0 Å². The molecule has 0 fully saturated rings. The molecule has 0 spiro atoms. The van der Waals surface area contributed by atoms with Gasteiger partial charge in [-0.25, -0.2) is 19.3 Å². The molecular formula is C21H17F2N5O5. The Hall–Kier alpha value is -4.35. The summed E-state index contributed by atoms with van der Waals surface area (Å²) < 4.78 is 39.1. The summed E-state index contributed by atoms with van der Waals surface area (Å²) in [5.74, 6) is -3.85. The second-order valence-corrected chi connectivity index (χ2v) is 6.94. The van der Waals surface area contributed by atoms with Crippen LogP contribution in [-0.2, 0) is 4.79 Å². The van der Waals surface area contributed by atoms with Gasteiger partial charge in [-0.2, -0.15) is 4.39 Å². The summed E-state index contributed by atoms with van der Waals surface area (Å²) in [6.07, 6.45) is -1.38. The number of H-pyrrole nitrogens is 2. The Labute approximate surface area is 184 Å². The van der Waals surface area contributed by atoms with Gasteiger partial charge in [0.05, 0.1) is 12.2 Å². The van der Waals surface area contributed by atoms with Crippen LogP contribution in [0.3, 0.4) is 0 Å². The molecule has 4 aromatic rings.